The van der Waals surface area contributed by atoms with Crippen LogP contribution in [0.3, 0.4) is 0 Å². The van der Waals surface area contributed by atoms with Gasteiger partial charge in [-0.1, -0.05) is 19.9 Å². The SMILES string of the molecule is Cc1ccc(CCCNCC(C)C)cn1. The van der Waals surface area contributed by atoms with E-state index in [9.17, 15) is 0 Å². The second-order valence-electron chi connectivity index (χ2n) is 4.51. The summed E-state index contributed by atoms with van der Waals surface area (Å²) >= 11 is 0. The normalized spacial score (nSPS) is 10.9. The summed E-state index contributed by atoms with van der Waals surface area (Å²) in [7, 11) is 0. The molecule has 1 heterocycles. The van der Waals surface area contributed by atoms with Crippen LogP contribution in [0, 0.1) is 12.8 Å². The quantitative estimate of drug-likeness (QED) is 0.724. The van der Waals surface area contributed by atoms with E-state index in [2.05, 4.69) is 36.3 Å². The van der Waals surface area contributed by atoms with Crippen LogP contribution in [0.4, 0.5) is 0 Å². The van der Waals surface area contributed by atoms with Gasteiger partial charge in [0, 0.05) is 11.9 Å². The number of nitrogens with one attached hydrogen (secondary N) is 1. The fraction of sp³-hybridized carbons (Fsp3) is 0.615. The summed E-state index contributed by atoms with van der Waals surface area (Å²) in [5, 5.41) is 3.45. The van der Waals surface area contributed by atoms with Gasteiger partial charge in [-0.15, -0.1) is 0 Å². The Morgan fingerprint density at radius 2 is 2.13 bits per heavy atom. The van der Waals surface area contributed by atoms with Gasteiger partial charge in [0.1, 0.15) is 0 Å². The molecule has 0 saturated carbocycles. The Hall–Kier alpha value is -0.890. The minimum Gasteiger partial charge on any atom is -0.316 e. The van der Waals surface area contributed by atoms with E-state index in [1.165, 1.54) is 12.0 Å². The summed E-state index contributed by atoms with van der Waals surface area (Å²) in [5.74, 6) is 0.742. The van der Waals surface area contributed by atoms with E-state index >= 15 is 0 Å². The fourth-order valence-corrected chi connectivity index (χ4v) is 1.45. The van der Waals surface area contributed by atoms with Crippen LogP contribution in [0.15, 0.2) is 18.3 Å². The maximum atomic E-state index is 4.29. The number of aromatic nitrogens is 1. The van der Waals surface area contributed by atoms with Gasteiger partial charge in [-0.3, -0.25) is 4.98 Å². The lowest BCUT2D eigenvalue weighted by Gasteiger charge is -2.07. The van der Waals surface area contributed by atoms with E-state index in [1.807, 2.05) is 13.1 Å². The second-order valence-corrected chi connectivity index (χ2v) is 4.51. The van der Waals surface area contributed by atoms with Crippen LogP contribution in [-0.2, 0) is 6.42 Å². The van der Waals surface area contributed by atoms with Crippen LogP contribution < -0.4 is 5.32 Å². The maximum absolute atomic E-state index is 4.29. The smallest absolute Gasteiger partial charge is 0.0372 e. The van der Waals surface area contributed by atoms with E-state index < -0.39 is 0 Å². The zero-order valence-electron chi connectivity index (χ0n) is 10.1. The Morgan fingerprint density at radius 3 is 2.73 bits per heavy atom. The molecule has 0 atom stereocenters. The molecule has 1 aromatic rings. The van der Waals surface area contributed by atoms with Gasteiger partial charge in [-0.25, -0.2) is 0 Å². The number of aryl methyl sites for hydroxylation is 2. The van der Waals surface area contributed by atoms with Crippen molar-refractivity contribution in [1.82, 2.24) is 10.3 Å². The van der Waals surface area contributed by atoms with Crippen molar-refractivity contribution in [2.24, 2.45) is 5.92 Å². The monoisotopic (exact) mass is 206 g/mol. The van der Waals surface area contributed by atoms with Gasteiger partial charge >= 0.3 is 0 Å². The van der Waals surface area contributed by atoms with Crippen LogP contribution in [0.1, 0.15) is 31.5 Å². The molecule has 0 aromatic carbocycles. The molecular weight excluding hydrogens is 184 g/mol. The van der Waals surface area contributed by atoms with Gasteiger partial charge in [0.2, 0.25) is 0 Å². The molecule has 84 valence electrons. The molecule has 1 rings (SSSR count). The van der Waals surface area contributed by atoms with Gasteiger partial charge < -0.3 is 5.32 Å². The summed E-state index contributed by atoms with van der Waals surface area (Å²) in [6.45, 7) is 8.71. The highest BCUT2D eigenvalue weighted by Gasteiger charge is 1.95. The number of rotatable bonds is 6. The Labute approximate surface area is 93.1 Å². The molecule has 1 N–H and O–H groups in total. The highest BCUT2D eigenvalue weighted by atomic mass is 14.8. The summed E-state index contributed by atoms with van der Waals surface area (Å²) in [5.41, 5.74) is 2.43. The number of hydrogen-bond acceptors (Lipinski definition) is 2. The number of nitrogens with zero attached hydrogens (tertiary/aromatic N) is 1. The van der Waals surface area contributed by atoms with Crippen LogP contribution >= 0.6 is 0 Å². The third-order valence-electron chi connectivity index (χ3n) is 2.34. The van der Waals surface area contributed by atoms with Crippen molar-refractivity contribution in [3.05, 3.63) is 29.6 Å². The largest absolute Gasteiger partial charge is 0.316 e. The lowest BCUT2D eigenvalue weighted by Crippen LogP contribution is -2.21. The van der Waals surface area contributed by atoms with Crippen molar-refractivity contribution in [3.8, 4) is 0 Å². The highest BCUT2D eigenvalue weighted by molar-refractivity contribution is 5.13. The van der Waals surface area contributed by atoms with E-state index in [4.69, 9.17) is 0 Å². The Kier molecular flexibility index (Phi) is 5.33. The molecule has 0 aliphatic carbocycles. The number of hydrogen-bond donors (Lipinski definition) is 1. The Morgan fingerprint density at radius 1 is 1.33 bits per heavy atom. The average molecular weight is 206 g/mol. The standard InChI is InChI=1S/C13H22N2/c1-11(2)9-14-8-4-5-13-7-6-12(3)15-10-13/h6-7,10-11,14H,4-5,8-9H2,1-3H3. The second kappa shape index (κ2) is 6.57. The summed E-state index contributed by atoms with van der Waals surface area (Å²) < 4.78 is 0. The molecule has 0 amide bonds. The first-order valence-electron chi connectivity index (χ1n) is 5.80. The third-order valence-corrected chi connectivity index (χ3v) is 2.34. The zero-order chi connectivity index (χ0) is 11.1. The molecular formula is C13H22N2. The van der Waals surface area contributed by atoms with Crippen molar-refractivity contribution in [2.45, 2.75) is 33.6 Å². The van der Waals surface area contributed by atoms with Crippen LogP contribution in [0.2, 0.25) is 0 Å². The van der Waals surface area contributed by atoms with Crippen LogP contribution in [0.25, 0.3) is 0 Å². The average Bonchev–Trinajstić information content (AvgIpc) is 2.20. The van der Waals surface area contributed by atoms with Gasteiger partial charge in [-0.05, 0) is 50.4 Å². The van der Waals surface area contributed by atoms with Gasteiger partial charge in [-0.2, -0.15) is 0 Å². The van der Waals surface area contributed by atoms with Crippen molar-refractivity contribution in [3.63, 3.8) is 0 Å². The van der Waals surface area contributed by atoms with Crippen LogP contribution in [0.5, 0.6) is 0 Å². The van der Waals surface area contributed by atoms with E-state index in [-0.39, 0.29) is 0 Å². The van der Waals surface area contributed by atoms with E-state index in [0.717, 1.165) is 31.1 Å². The maximum Gasteiger partial charge on any atom is 0.0372 e. The van der Waals surface area contributed by atoms with Crippen molar-refractivity contribution in [2.75, 3.05) is 13.1 Å². The molecule has 0 unspecified atom stereocenters. The van der Waals surface area contributed by atoms with E-state index in [1.54, 1.807) is 0 Å². The fourth-order valence-electron chi connectivity index (χ4n) is 1.45. The first-order valence-corrected chi connectivity index (χ1v) is 5.80. The highest BCUT2D eigenvalue weighted by Crippen LogP contribution is 2.02. The van der Waals surface area contributed by atoms with E-state index in [0.29, 0.717) is 0 Å². The molecule has 0 spiro atoms. The third kappa shape index (κ3) is 5.53. The molecule has 15 heavy (non-hydrogen) atoms. The van der Waals surface area contributed by atoms with Gasteiger partial charge in [0.15, 0.2) is 0 Å². The van der Waals surface area contributed by atoms with Crippen molar-refractivity contribution >= 4 is 0 Å². The lowest BCUT2D eigenvalue weighted by molar-refractivity contribution is 0.543. The summed E-state index contributed by atoms with van der Waals surface area (Å²) in [6.07, 6.45) is 4.30. The van der Waals surface area contributed by atoms with Gasteiger partial charge in [0.25, 0.3) is 0 Å². The minimum atomic E-state index is 0.742. The molecule has 0 aliphatic rings. The van der Waals surface area contributed by atoms with Crippen molar-refractivity contribution in [1.29, 1.82) is 0 Å². The molecule has 1 aromatic heterocycles. The predicted molar refractivity (Wildman–Crippen MR) is 65.0 cm³/mol. The zero-order valence-corrected chi connectivity index (χ0v) is 10.1. The lowest BCUT2D eigenvalue weighted by atomic mass is 10.1. The molecule has 0 saturated heterocycles. The Balaban J connectivity index is 2.12. The summed E-state index contributed by atoms with van der Waals surface area (Å²) in [4.78, 5) is 4.29. The van der Waals surface area contributed by atoms with Crippen molar-refractivity contribution < 1.29 is 0 Å². The molecule has 2 nitrogen and oxygen atoms in total. The Bertz CT molecular complexity index is 264. The van der Waals surface area contributed by atoms with Crippen LogP contribution in [-0.4, -0.2) is 18.1 Å². The summed E-state index contributed by atoms with van der Waals surface area (Å²) in [6, 6.07) is 4.25. The first-order chi connectivity index (χ1) is 7.18. The predicted octanol–water partition coefficient (Wildman–Crippen LogP) is 2.57. The number of pyridine rings is 1. The molecule has 0 fully saturated rings. The molecule has 0 aliphatic heterocycles. The molecule has 0 radical (unpaired) electrons. The topological polar surface area (TPSA) is 24.9 Å². The first kappa shape index (κ1) is 12.2. The molecule has 0 bridgehead atoms. The minimum absolute atomic E-state index is 0.742. The molecule has 2 heteroatoms. The van der Waals surface area contributed by atoms with Gasteiger partial charge in [0.05, 0.1) is 0 Å².